The van der Waals surface area contributed by atoms with E-state index in [9.17, 15) is 4.79 Å². The summed E-state index contributed by atoms with van der Waals surface area (Å²) >= 11 is 0. The average molecular weight is 236 g/mol. The third-order valence-electron chi connectivity index (χ3n) is 2.34. The smallest absolute Gasteiger partial charge is 0.434 e. The van der Waals surface area contributed by atoms with Gasteiger partial charge in [0.2, 0.25) is 0 Å². The Morgan fingerprint density at radius 3 is 2.65 bits per heavy atom. The number of hydrogen-bond acceptors (Lipinski definition) is 4. The van der Waals surface area contributed by atoms with Gasteiger partial charge in [-0.2, -0.15) is 0 Å². The van der Waals surface area contributed by atoms with Gasteiger partial charge in [0.15, 0.2) is 0 Å². The van der Waals surface area contributed by atoms with Gasteiger partial charge in [-0.05, 0) is 32.9 Å². The van der Waals surface area contributed by atoms with Crippen molar-refractivity contribution >= 4 is 11.8 Å². The molecule has 0 atom stereocenters. The maximum Gasteiger partial charge on any atom is 0.513 e. The molecule has 0 fully saturated rings. The lowest BCUT2D eigenvalue weighted by atomic mass is 10.2. The van der Waals surface area contributed by atoms with E-state index in [1.165, 1.54) is 0 Å². The van der Waals surface area contributed by atoms with Crippen molar-refractivity contribution in [2.24, 2.45) is 0 Å². The number of carbonyl (C=O) groups is 1. The Balaban J connectivity index is 2.75. The van der Waals surface area contributed by atoms with E-state index in [4.69, 9.17) is 9.47 Å². The molecule has 0 amide bonds. The fourth-order valence-electron chi connectivity index (χ4n) is 1.51. The molecular formula is C13H18NO3. The molecule has 0 aliphatic carbocycles. The van der Waals surface area contributed by atoms with Crippen LogP contribution in [0.3, 0.4) is 0 Å². The van der Waals surface area contributed by atoms with Gasteiger partial charge >= 0.3 is 6.16 Å². The lowest BCUT2D eigenvalue weighted by Gasteiger charge is -2.21. The van der Waals surface area contributed by atoms with Crippen LogP contribution in [-0.4, -0.2) is 25.9 Å². The number of rotatable bonds is 5. The predicted molar refractivity (Wildman–Crippen MR) is 66.5 cm³/mol. The molecule has 0 aliphatic heterocycles. The number of benzene rings is 1. The van der Waals surface area contributed by atoms with Crippen LogP contribution in [0.5, 0.6) is 5.75 Å². The van der Waals surface area contributed by atoms with Crippen LogP contribution < -0.4 is 9.64 Å². The van der Waals surface area contributed by atoms with Crippen LogP contribution in [0.15, 0.2) is 18.2 Å². The zero-order valence-electron chi connectivity index (χ0n) is 10.5. The number of anilines is 1. The second kappa shape index (κ2) is 6.78. The van der Waals surface area contributed by atoms with E-state index in [2.05, 4.69) is 24.8 Å². The monoisotopic (exact) mass is 236 g/mol. The predicted octanol–water partition coefficient (Wildman–Crippen LogP) is 2.87. The minimum Gasteiger partial charge on any atom is -0.434 e. The number of carbonyl (C=O) groups excluding carboxylic acids is 1. The Hall–Kier alpha value is -1.71. The molecule has 0 aliphatic rings. The third kappa shape index (κ3) is 3.98. The standard InChI is InChI=1S/C13H18NO3/c1-4-14(5-2)11-8-7-9-12(10-11)17-13(15)16-6-3/h7-8,10H,4-6H2,1-3H3. The Kier molecular flexibility index (Phi) is 5.33. The van der Waals surface area contributed by atoms with Gasteiger partial charge in [-0.1, -0.05) is 0 Å². The van der Waals surface area contributed by atoms with Crippen molar-refractivity contribution < 1.29 is 14.3 Å². The summed E-state index contributed by atoms with van der Waals surface area (Å²) < 4.78 is 9.70. The Bertz CT molecular complexity index is 361. The topological polar surface area (TPSA) is 38.8 Å². The second-order valence-electron chi connectivity index (χ2n) is 3.37. The third-order valence-corrected chi connectivity index (χ3v) is 2.34. The largest absolute Gasteiger partial charge is 0.513 e. The molecule has 1 rings (SSSR count). The van der Waals surface area contributed by atoms with Gasteiger partial charge in [0.1, 0.15) is 5.75 Å². The van der Waals surface area contributed by atoms with Crippen LogP contribution >= 0.6 is 0 Å². The maximum atomic E-state index is 11.2. The van der Waals surface area contributed by atoms with Crippen LogP contribution in [0.4, 0.5) is 10.5 Å². The van der Waals surface area contributed by atoms with Crippen molar-refractivity contribution in [1.29, 1.82) is 0 Å². The fourth-order valence-corrected chi connectivity index (χ4v) is 1.51. The molecule has 4 heteroatoms. The summed E-state index contributed by atoms with van der Waals surface area (Å²) in [5, 5.41) is 0. The minimum absolute atomic E-state index is 0.300. The first-order valence-electron chi connectivity index (χ1n) is 5.82. The van der Waals surface area contributed by atoms with E-state index < -0.39 is 6.16 Å². The summed E-state index contributed by atoms with van der Waals surface area (Å²) in [5.74, 6) is 0.382. The molecule has 0 bridgehead atoms. The van der Waals surface area contributed by atoms with Crippen LogP contribution in [0.1, 0.15) is 20.8 Å². The fraction of sp³-hybridized carbons (Fsp3) is 0.462. The van der Waals surface area contributed by atoms with Gasteiger partial charge in [0.05, 0.1) is 6.61 Å². The number of ether oxygens (including phenoxy) is 2. The number of hydrogen-bond donors (Lipinski definition) is 0. The molecule has 1 aromatic carbocycles. The Morgan fingerprint density at radius 1 is 1.35 bits per heavy atom. The summed E-state index contributed by atoms with van der Waals surface area (Å²) in [6, 6.07) is 8.31. The SMILES string of the molecule is CCOC(=O)Oc1[c]ccc(N(CC)CC)c1. The highest BCUT2D eigenvalue weighted by atomic mass is 16.7. The van der Waals surface area contributed by atoms with E-state index in [1.54, 1.807) is 19.1 Å². The van der Waals surface area contributed by atoms with Crippen LogP contribution in [0, 0.1) is 6.07 Å². The molecule has 4 nitrogen and oxygen atoms in total. The molecule has 0 saturated heterocycles. The first-order chi connectivity index (χ1) is 8.21. The van der Waals surface area contributed by atoms with Gasteiger partial charge in [-0.3, -0.25) is 0 Å². The van der Waals surface area contributed by atoms with Crippen LogP contribution in [0.25, 0.3) is 0 Å². The Labute approximate surface area is 102 Å². The van der Waals surface area contributed by atoms with Gasteiger partial charge in [-0.25, -0.2) is 4.79 Å². The van der Waals surface area contributed by atoms with Crippen molar-refractivity contribution in [3.8, 4) is 5.75 Å². The zero-order chi connectivity index (χ0) is 12.7. The second-order valence-corrected chi connectivity index (χ2v) is 3.37. The molecule has 0 unspecified atom stereocenters. The van der Waals surface area contributed by atoms with Gasteiger partial charge in [-0.15, -0.1) is 0 Å². The van der Waals surface area contributed by atoms with Crippen LogP contribution in [0.2, 0.25) is 0 Å². The molecule has 0 heterocycles. The van der Waals surface area contributed by atoms with E-state index in [0.717, 1.165) is 18.8 Å². The lowest BCUT2D eigenvalue weighted by molar-refractivity contribution is 0.104. The first kappa shape index (κ1) is 13.4. The summed E-state index contributed by atoms with van der Waals surface area (Å²) in [6.07, 6.45) is -0.694. The molecule has 0 spiro atoms. The highest BCUT2D eigenvalue weighted by Gasteiger charge is 2.07. The normalized spacial score (nSPS) is 9.82. The molecule has 0 aromatic heterocycles. The van der Waals surface area contributed by atoms with Gasteiger partial charge < -0.3 is 14.4 Å². The van der Waals surface area contributed by atoms with Gasteiger partial charge in [0, 0.05) is 30.9 Å². The van der Waals surface area contributed by atoms with Crippen molar-refractivity contribution in [2.75, 3.05) is 24.6 Å². The van der Waals surface area contributed by atoms with E-state index in [0.29, 0.717) is 12.4 Å². The molecule has 17 heavy (non-hydrogen) atoms. The summed E-state index contributed by atoms with van der Waals surface area (Å²) in [5.41, 5.74) is 1.01. The highest BCUT2D eigenvalue weighted by molar-refractivity contribution is 5.64. The van der Waals surface area contributed by atoms with E-state index >= 15 is 0 Å². The minimum atomic E-state index is -0.694. The van der Waals surface area contributed by atoms with Crippen molar-refractivity contribution in [2.45, 2.75) is 20.8 Å². The first-order valence-corrected chi connectivity index (χ1v) is 5.82. The lowest BCUT2D eigenvalue weighted by Crippen LogP contribution is -2.21. The average Bonchev–Trinajstić information content (AvgIpc) is 2.31. The summed E-state index contributed by atoms with van der Waals surface area (Å²) in [6.45, 7) is 7.99. The zero-order valence-corrected chi connectivity index (χ0v) is 10.5. The number of nitrogens with zero attached hydrogens (tertiary/aromatic N) is 1. The molecule has 93 valence electrons. The van der Waals surface area contributed by atoms with E-state index in [-0.39, 0.29) is 0 Å². The van der Waals surface area contributed by atoms with Crippen molar-refractivity contribution in [1.82, 2.24) is 0 Å². The van der Waals surface area contributed by atoms with Crippen LogP contribution in [-0.2, 0) is 4.74 Å². The highest BCUT2D eigenvalue weighted by Crippen LogP contribution is 2.20. The maximum absolute atomic E-state index is 11.2. The summed E-state index contributed by atoms with van der Waals surface area (Å²) in [7, 11) is 0. The molecular weight excluding hydrogens is 218 g/mol. The molecule has 0 N–H and O–H groups in total. The molecule has 0 saturated carbocycles. The van der Waals surface area contributed by atoms with E-state index in [1.807, 2.05) is 6.07 Å². The Morgan fingerprint density at radius 2 is 2.06 bits per heavy atom. The molecule has 1 radical (unpaired) electrons. The van der Waals surface area contributed by atoms with Gasteiger partial charge in [0.25, 0.3) is 0 Å². The van der Waals surface area contributed by atoms with Crippen molar-refractivity contribution in [3.05, 3.63) is 24.3 Å². The molecule has 1 aromatic rings. The summed E-state index contributed by atoms with van der Waals surface area (Å²) in [4.78, 5) is 13.3. The quantitative estimate of drug-likeness (QED) is 0.582. The van der Waals surface area contributed by atoms with Crippen molar-refractivity contribution in [3.63, 3.8) is 0 Å².